The molecule has 4 atom stereocenters. The van der Waals surface area contributed by atoms with Gasteiger partial charge in [0.1, 0.15) is 5.54 Å². The number of nitrogens with zero attached hydrogens (tertiary/aromatic N) is 1. The topological polar surface area (TPSA) is 29.5 Å². The summed E-state index contributed by atoms with van der Waals surface area (Å²) in [7, 11) is 1.51. The molecule has 0 amide bonds. The second-order valence-corrected chi connectivity index (χ2v) is 13.3. The number of benzene rings is 3. The normalized spacial score (nSPS) is 23.2. The fourth-order valence-corrected chi connectivity index (χ4v) is 8.10. The number of allylic oxidation sites excluding steroid dienone is 4. The predicted molar refractivity (Wildman–Crippen MR) is 186 cm³/mol. The van der Waals surface area contributed by atoms with Gasteiger partial charge in [0.15, 0.2) is 0 Å². The first kappa shape index (κ1) is 29.5. The van der Waals surface area contributed by atoms with Crippen LogP contribution < -0.4 is 20.9 Å². The molecule has 228 valence electrons. The molecule has 3 aliphatic carbocycles. The summed E-state index contributed by atoms with van der Waals surface area (Å²) in [4.78, 5) is 16.2. The Balaban J connectivity index is 1.61. The van der Waals surface area contributed by atoms with Crippen LogP contribution in [0.4, 0.5) is 0 Å². The van der Waals surface area contributed by atoms with Crippen LogP contribution in [-0.2, 0) is 16.1 Å². The minimum atomic E-state index is -0.865. The van der Waals surface area contributed by atoms with Crippen molar-refractivity contribution in [3.63, 3.8) is 0 Å². The number of ether oxygens (including phenoxy) is 1. The summed E-state index contributed by atoms with van der Waals surface area (Å²) < 4.78 is 5.53. The van der Waals surface area contributed by atoms with Gasteiger partial charge in [-0.1, -0.05) is 104 Å². The maximum atomic E-state index is 13.8. The molecular weight excluding hydrogens is 550 g/mol. The smallest absolute Gasteiger partial charge is 0.326 e. The van der Waals surface area contributed by atoms with Gasteiger partial charge < -0.3 is 4.74 Å². The molecule has 0 bridgehead atoms. The molecule has 1 heterocycles. The van der Waals surface area contributed by atoms with Gasteiger partial charge in [-0.3, -0.25) is 9.69 Å². The molecule has 0 radical (unpaired) electrons. The molecule has 1 aliphatic heterocycles. The van der Waals surface area contributed by atoms with E-state index in [4.69, 9.17) is 4.74 Å². The molecule has 3 unspecified atom stereocenters. The Morgan fingerprint density at radius 3 is 2.58 bits per heavy atom. The summed E-state index contributed by atoms with van der Waals surface area (Å²) in [5, 5.41) is 5.26. The zero-order chi connectivity index (χ0) is 31.1. The number of rotatable bonds is 6. The summed E-state index contributed by atoms with van der Waals surface area (Å²) in [6.07, 6.45) is 20.0. The molecule has 0 spiro atoms. The molecule has 3 aromatic carbocycles. The van der Waals surface area contributed by atoms with E-state index in [0.29, 0.717) is 18.9 Å². The van der Waals surface area contributed by atoms with Crippen LogP contribution in [0.25, 0.3) is 34.9 Å². The number of hydrogen-bond acceptors (Lipinski definition) is 3. The number of esters is 1. The van der Waals surface area contributed by atoms with Crippen LogP contribution in [0.2, 0.25) is 0 Å². The average molecular weight is 594 g/mol. The van der Waals surface area contributed by atoms with Gasteiger partial charge in [0.2, 0.25) is 0 Å². The van der Waals surface area contributed by atoms with Crippen LogP contribution in [0, 0.1) is 17.8 Å². The molecule has 3 heteroatoms. The van der Waals surface area contributed by atoms with Gasteiger partial charge in [0.05, 0.1) is 7.11 Å². The molecule has 0 aromatic heterocycles. The fraction of sp³-hybridized carbons (Fsp3) is 0.310. The van der Waals surface area contributed by atoms with Crippen LogP contribution in [0.3, 0.4) is 0 Å². The van der Waals surface area contributed by atoms with Crippen molar-refractivity contribution in [2.24, 2.45) is 17.8 Å². The lowest BCUT2D eigenvalue weighted by atomic mass is 9.71. The minimum absolute atomic E-state index is 0.143. The van der Waals surface area contributed by atoms with E-state index in [1.54, 1.807) is 0 Å². The number of hydrogen-bond donors (Lipinski definition) is 0. The van der Waals surface area contributed by atoms with Gasteiger partial charge in [-0.2, -0.15) is 0 Å². The van der Waals surface area contributed by atoms with Crippen molar-refractivity contribution in [2.45, 2.75) is 51.6 Å². The highest BCUT2D eigenvalue weighted by molar-refractivity contribution is 5.84. The molecule has 4 aliphatic rings. The highest BCUT2D eigenvalue weighted by Gasteiger charge is 2.45. The van der Waals surface area contributed by atoms with E-state index in [1.165, 1.54) is 61.4 Å². The number of fused-ring (bicyclic) bond motifs is 6. The number of carbonyl (C=O) groups is 1. The first-order chi connectivity index (χ1) is 21.9. The van der Waals surface area contributed by atoms with Crippen LogP contribution in [0.5, 0.6) is 0 Å². The Kier molecular flexibility index (Phi) is 7.83. The SMILES string of the molecule is C=CC[C@@](C)(C(=O)OC)N1Cc2c(-c3ccccc3)cc3c(c2C2=c4ccccc4=CC(C4=CCC(C)C=C4)C2C1)=CCCC=3. The fourth-order valence-electron chi connectivity index (χ4n) is 8.10. The van der Waals surface area contributed by atoms with Crippen molar-refractivity contribution < 1.29 is 9.53 Å². The maximum absolute atomic E-state index is 13.8. The molecule has 7 rings (SSSR count). The molecule has 0 N–H and O–H groups in total. The molecule has 3 aromatic rings. The number of methoxy groups -OCH3 is 1. The van der Waals surface area contributed by atoms with Crippen molar-refractivity contribution in [3.05, 3.63) is 129 Å². The van der Waals surface area contributed by atoms with Gasteiger partial charge >= 0.3 is 5.97 Å². The van der Waals surface area contributed by atoms with Crippen molar-refractivity contribution in [1.82, 2.24) is 4.90 Å². The zero-order valence-corrected chi connectivity index (χ0v) is 26.8. The summed E-state index contributed by atoms with van der Waals surface area (Å²) in [6, 6.07) is 22.1. The van der Waals surface area contributed by atoms with E-state index in [2.05, 4.69) is 116 Å². The Labute approximate surface area is 266 Å². The first-order valence-electron chi connectivity index (χ1n) is 16.5. The quantitative estimate of drug-likeness (QED) is 0.268. The van der Waals surface area contributed by atoms with Gasteiger partial charge in [0, 0.05) is 24.9 Å². The lowest BCUT2D eigenvalue weighted by Crippen LogP contribution is -2.54. The standard InChI is InChI=1S/C42H43NO2/c1-5-23-42(3,41(44)45-4)43-26-37-35(29-13-7-6-8-14-29)24-31-15-9-11-17-33(31)39(37)40-34-18-12-10-16-32(34)25-36(38(40)27-43)30-21-19-28(2)20-22-30/h5-8,10,12-19,21-22,24-25,28,36,38H,1,9,11,20,23,26-27H2,2-4H3/t28?,36?,38?,42-/m0/s1. The summed E-state index contributed by atoms with van der Waals surface area (Å²) in [6.45, 7) is 9.78. The van der Waals surface area contributed by atoms with Crippen molar-refractivity contribution in [1.29, 1.82) is 0 Å². The van der Waals surface area contributed by atoms with Gasteiger partial charge in [-0.25, -0.2) is 0 Å². The van der Waals surface area contributed by atoms with Crippen LogP contribution in [-0.4, -0.2) is 30.1 Å². The maximum Gasteiger partial charge on any atom is 0.326 e. The van der Waals surface area contributed by atoms with E-state index in [0.717, 1.165) is 25.8 Å². The molecular formula is C42H43NO2. The van der Waals surface area contributed by atoms with Crippen LogP contribution in [0.1, 0.15) is 50.7 Å². The van der Waals surface area contributed by atoms with Crippen molar-refractivity contribution >= 4 is 29.8 Å². The van der Waals surface area contributed by atoms with Crippen LogP contribution in [0.15, 0.2) is 97.1 Å². The Morgan fingerprint density at radius 1 is 1.04 bits per heavy atom. The summed E-state index contributed by atoms with van der Waals surface area (Å²) in [5.41, 5.74) is 7.03. The molecule has 45 heavy (non-hydrogen) atoms. The van der Waals surface area contributed by atoms with Crippen molar-refractivity contribution in [2.75, 3.05) is 13.7 Å². The Bertz CT molecular complexity index is 1980. The second-order valence-electron chi connectivity index (χ2n) is 13.3. The highest BCUT2D eigenvalue weighted by Crippen LogP contribution is 2.43. The second kappa shape index (κ2) is 11.9. The first-order valence-corrected chi connectivity index (χ1v) is 16.5. The average Bonchev–Trinajstić information content (AvgIpc) is 3.27. The highest BCUT2D eigenvalue weighted by atomic mass is 16.5. The van der Waals surface area contributed by atoms with Gasteiger partial charge in [-0.05, 0) is 98.9 Å². The summed E-state index contributed by atoms with van der Waals surface area (Å²) in [5.74, 6) is 0.653. The third-order valence-electron chi connectivity index (χ3n) is 10.5. The summed E-state index contributed by atoms with van der Waals surface area (Å²) >= 11 is 0. The Hall–Kier alpha value is -4.21. The number of carbonyl (C=O) groups excluding carboxylic acids is 1. The molecule has 0 saturated heterocycles. The van der Waals surface area contributed by atoms with E-state index in [1.807, 2.05) is 13.0 Å². The third-order valence-corrected chi connectivity index (χ3v) is 10.5. The minimum Gasteiger partial charge on any atom is -0.468 e. The van der Waals surface area contributed by atoms with E-state index in [-0.39, 0.29) is 17.8 Å². The van der Waals surface area contributed by atoms with Gasteiger partial charge in [-0.15, -0.1) is 6.58 Å². The predicted octanol–water partition coefficient (Wildman–Crippen LogP) is 5.78. The van der Waals surface area contributed by atoms with E-state index in [9.17, 15) is 4.79 Å². The monoisotopic (exact) mass is 593 g/mol. The molecule has 3 nitrogen and oxygen atoms in total. The third kappa shape index (κ3) is 5.08. The van der Waals surface area contributed by atoms with Crippen LogP contribution >= 0.6 is 0 Å². The van der Waals surface area contributed by atoms with E-state index >= 15 is 0 Å². The van der Waals surface area contributed by atoms with Gasteiger partial charge in [0.25, 0.3) is 0 Å². The lowest BCUT2D eigenvalue weighted by Gasteiger charge is -2.41. The molecule has 0 fully saturated rings. The van der Waals surface area contributed by atoms with E-state index < -0.39 is 5.54 Å². The molecule has 0 saturated carbocycles. The Morgan fingerprint density at radius 2 is 1.82 bits per heavy atom. The lowest BCUT2D eigenvalue weighted by molar-refractivity contribution is -0.155. The zero-order valence-electron chi connectivity index (χ0n) is 26.8. The largest absolute Gasteiger partial charge is 0.468 e. The van der Waals surface area contributed by atoms with Crippen molar-refractivity contribution in [3.8, 4) is 11.1 Å².